The van der Waals surface area contributed by atoms with Gasteiger partial charge in [-0.25, -0.2) is 13.2 Å². The van der Waals surface area contributed by atoms with E-state index < -0.39 is 17.5 Å². The summed E-state index contributed by atoms with van der Waals surface area (Å²) >= 11 is 0. The molecule has 0 aromatic heterocycles. The fourth-order valence-electron chi connectivity index (χ4n) is 1.73. The lowest BCUT2D eigenvalue weighted by Gasteiger charge is -2.07. The van der Waals surface area contributed by atoms with Crippen molar-refractivity contribution in [2.45, 2.75) is 6.92 Å². The summed E-state index contributed by atoms with van der Waals surface area (Å²) in [6.45, 7) is 1.61. The Labute approximate surface area is 119 Å². The summed E-state index contributed by atoms with van der Waals surface area (Å²) in [4.78, 5) is 11.9. The predicted octanol–water partition coefficient (Wildman–Crippen LogP) is 4.30. The van der Waals surface area contributed by atoms with E-state index in [0.717, 1.165) is 12.1 Å². The minimum absolute atomic E-state index is 0.317. The molecule has 2 aromatic rings. The van der Waals surface area contributed by atoms with Crippen LogP contribution in [0.25, 0.3) is 0 Å². The maximum atomic E-state index is 13.1. The average Bonchev–Trinajstić information content (AvgIpc) is 2.43. The van der Waals surface area contributed by atoms with Crippen molar-refractivity contribution >= 4 is 11.5 Å². The van der Waals surface area contributed by atoms with Crippen LogP contribution < -0.4 is 5.32 Å². The Hall–Kier alpha value is -2.56. The molecule has 0 unspecified atom stereocenters. The van der Waals surface area contributed by atoms with Crippen molar-refractivity contribution in [2.24, 2.45) is 0 Å². The molecule has 0 atom stereocenters. The third-order valence-electron chi connectivity index (χ3n) is 2.74. The van der Waals surface area contributed by atoms with Crippen molar-refractivity contribution in [1.82, 2.24) is 0 Å². The zero-order valence-electron chi connectivity index (χ0n) is 11.2. The molecule has 0 spiro atoms. The Bertz CT molecular complexity index is 693. The number of hydrogen-bond donors (Lipinski definition) is 1. The second kappa shape index (κ2) is 6.26. The smallest absolute Gasteiger partial charge is 0.187 e. The first-order valence-electron chi connectivity index (χ1n) is 6.16. The lowest BCUT2D eigenvalue weighted by Crippen LogP contribution is -2.02. The van der Waals surface area contributed by atoms with Gasteiger partial charge in [-0.3, -0.25) is 4.79 Å². The van der Waals surface area contributed by atoms with Crippen molar-refractivity contribution < 1.29 is 18.0 Å². The number of benzene rings is 2. The van der Waals surface area contributed by atoms with E-state index in [1.165, 1.54) is 36.4 Å². The molecule has 0 aliphatic heterocycles. The highest BCUT2D eigenvalue weighted by atomic mass is 19.2. The van der Waals surface area contributed by atoms with Crippen LogP contribution in [0.5, 0.6) is 0 Å². The van der Waals surface area contributed by atoms with Gasteiger partial charge >= 0.3 is 0 Å². The third kappa shape index (κ3) is 3.95. The van der Waals surface area contributed by atoms with Crippen molar-refractivity contribution in [1.29, 1.82) is 0 Å². The van der Waals surface area contributed by atoms with Crippen molar-refractivity contribution in [3.8, 4) is 0 Å². The number of hydrogen-bond acceptors (Lipinski definition) is 2. The predicted molar refractivity (Wildman–Crippen MR) is 74.5 cm³/mol. The van der Waals surface area contributed by atoms with Gasteiger partial charge in [-0.1, -0.05) is 0 Å². The first-order valence-corrected chi connectivity index (χ1v) is 6.16. The number of rotatable bonds is 4. The van der Waals surface area contributed by atoms with E-state index in [4.69, 9.17) is 0 Å². The zero-order chi connectivity index (χ0) is 15.4. The lowest BCUT2D eigenvalue weighted by molar-refractivity contribution is 0.104. The molecule has 5 heteroatoms. The maximum absolute atomic E-state index is 13.1. The Morgan fingerprint density at radius 3 is 2.29 bits per heavy atom. The molecule has 0 saturated heterocycles. The molecule has 2 aromatic carbocycles. The van der Waals surface area contributed by atoms with Gasteiger partial charge in [0.1, 0.15) is 5.82 Å². The highest BCUT2D eigenvalue weighted by Gasteiger charge is 2.05. The fourth-order valence-corrected chi connectivity index (χ4v) is 1.73. The second-order valence-corrected chi connectivity index (χ2v) is 4.45. The van der Waals surface area contributed by atoms with Crippen LogP contribution in [0.4, 0.5) is 18.9 Å². The maximum Gasteiger partial charge on any atom is 0.187 e. The molecule has 108 valence electrons. The normalized spacial score (nSPS) is 11.3. The Kier molecular flexibility index (Phi) is 4.42. The third-order valence-corrected chi connectivity index (χ3v) is 2.74. The van der Waals surface area contributed by atoms with Gasteiger partial charge in [0.05, 0.1) is 0 Å². The first-order chi connectivity index (χ1) is 9.95. The van der Waals surface area contributed by atoms with Gasteiger partial charge in [0, 0.05) is 29.1 Å². The number of nitrogens with one attached hydrogen (secondary N) is 1. The molecule has 0 aliphatic rings. The van der Waals surface area contributed by atoms with Gasteiger partial charge in [-0.05, 0) is 43.3 Å². The monoisotopic (exact) mass is 291 g/mol. The standard InChI is InChI=1S/C16H12F3NO/c1-10(20-13-6-7-14(18)15(19)9-13)8-16(21)11-2-4-12(17)5-3-11/h2-9,20H,1H3/b10-8+. The molecule has 0 fully saturated rings. The summed E-state index contributed by atoms with van der Waals surface area (Å²) in [6, 6.07) is 8.48. The van der Waals surface area contributed by atoms with E-state index >= 15 is 0 Å². The lowest BCUT2D eigenvalue weighted by atomic mass is 10.1. The molecule has 2 rings (SSSR count). The van der Waals surface area contributed by atoms with Gasteiger partial charge in [0.2, 0.25) is 0 Å². The summed E-state index contributed by atoms with van der Waals surface area (Å²) in [5, 5.41) is 2.78. The van der Waals surface area contributed by atoms with Crippen LogP contribution in [-0.4, -0.2) is 5.78 Å². The summed E-state index contributed by atoms with van der Waals surface area (Å²) in [5.41, 5.74) is 1.12. The molecule has 2 nitrogen and oxygen atoms in total. The van der Waals surface area contributed by atoms with Crippen LogP contribution >= 0.6 is 0 Å². The van der Waals surface area contributed by atoms with Crippen LogP contribution in [0.3, 0.4) is 0 Å². The molecule has 21 heavy (non-hydrogen) atoms. The summed E-state index contributed by atoms with van der Waals surface area (Å²) in [6.07, 6.45) is 1.30. The van der Waals surface area contributed by atoms with Gasteiger partial charge in [-0.2, -0.15) is 0 Å². The minimum atomic E-state index is -0.974. The van der Waals surface area contributed by atoms with E-state index in [-0.39, 0.29) is 5.78 Å². The van der Waals surface area contributed by atoms with E-state index in [9.17, 15) is 18.0 Å². The fraction of sp³-hybridized carbons (Fsp3) is 0.0625. The van der Waals surface area contributed by atoms with Crippen LogP contribution in [0, 0.1) is 17.5 Å². The number of anilines is 1. The molecule has 1 N–H and O–H groups in total. The number of ketones is 1. The summed E-state index contributed by atoms with van der Waals surface area (Å²) in [5.74, 6) is -2.66. The Morgan fingerprint density at radius 2 is 1.67 bits per heavy atom. The van der Waals surface area contributed by atoms with E-state index in [1.54, 1.807) is 6.92 Å². The SMILES string of the molecule is C/C(=C\C(=O)c1ccc(F)cc1)Nc1ccc(F)c(F)c1. The number of carbonyl (C=O) groups is 1. The number of halogens is 3. The molecular formula is C16H12F3NO. The van der Waals surface area contributed by atoms with Crippen LogP contribution in [0.1, 0.15) is 17.3 Å². The second-order valence-electron chi connectivity index (χ2n) is 4.45. The van der Waals surface area contributed by atoms with Crippen molar-refractivity contribution in [2.75, 3.05) is 5.32 Å². The summed E-state index contributed by atoms with van der Waals surface area (Å²) in [7, 11) is 0. The molecular weight excluding hydrogens is 279 g/mol. The zero-order valence-corrected chi connectivity index (χ0v) is 11.2. The molecule has 0 saturated carbocycles. The molecule has 0 radical (unpaired) electrons. The minimum Gasteiger partial charge on any atom is -0.359 e. The van der Waals surface area contributed by atoms with E-state index in [2.05, 4.69) is 5.32 Å². The van der Waals surface area contributed by atoms with Gasteiger partial charge < -0.3 is 5.32 Å². The Morgan fingerprint density at radius 1 is 1.00 bits per heavy atom. The van der Waals surface area contributed by atoms with Crippen molar-refractivity contribution in [3.05, 3.63) is 77.3 Å². The molecule has 0 amide bonds. The molecule has 0 heterocycles. The van der Waals surface area contributed by atoms with Gasteiger partial charge in [-0.15, -0.1) is 0 Å². The van der Waals surface area contributed by atoms with Crippen molar-refractivity contribution in [3.63, 3.8) is 0 Å². The van der Waals surface area contributed by atoms with E-state index in [0.29, 0.717) is 16.9 Å². The highest BCUT2D eigenvalue weighted by molar-refractivity contribution is 6.05. The number of carbonyl (C=O) groups excluding carboxylic acids is 1. The van der Waals surface area contributed by atoms with Crippen LogP contribution in [0.2, 0.25) is 0 Å². The van der Waals surface area contributed by atoms with E-state index in [1.807, 2.05) is 0 Å². The first kappa shape index (κ1) is 14.8. The summed E-state index contributed by atoms with van der Waals surface area (Å²) < 4.78 is 38.6. The topological polar surface area (TPSA) is 29.1 Å². The van der Waals surface area contributed by atoms with Crippen LogP contribution in [0.15, 0.2) is 54.2 Å². The molecule has 0 bridgehead atoms. The quantitative estimate of drug-likeness (QED) is 0.672. The number of allylic oxidation sites excluding steroid dienone is 2. The highest BCUT2D eigenvalue weighted by Crippen LogP contribution is 2.15. The molecule has 0 aliphatic carbocycles. The van der Waals surface area contributed by atoms with Gasteiger partial charge in [0.15, 0.2) is 17.4 Å². The Balaban J connectivity index is 2.11. The average molecular weight is 291 g/mol. The van der Waals surface area contributed by atoms with Gasteiger partial charge in [0.25, 0.3) is 0 Å². The van der Waals surface area contributed by atoms with Crippen LogP contribution in [-0.2, 0) is 0 Å². The largest absolute Gasteiger partial charge is 0.359 e.